The zero-order valence-electron chi connectivity index (χ0n) is 12.1. The molecule has 0 aromatic heterocycles. The number of hydrogen-bond acceptors (Lipinski definition) is 3. The van der Waals surface area contributed by atoms with Crippen molar-refractivity contribution < 1.29 is 4.79 Å². The van der Waals surface area contributed by atoms with Gasteiger partial charge in [0.05, 0.1) is 12.1 Å². The van der Waals surface area contributed by atoms with Gasteiger partial charge in [-0.15, -0.1) is 0 Å². The largest absolute Gasteiger partial charge is 0.314 e. The first-order chi connectivity index (χ1) is 10.1. The van der Waals surface area contributed by atoms with Crippen LogP contribution in [0, 0.1) is 28.1 Å². The second kappa shape index (κ2) is 4.20. The van der Waals surface area contributed by atoms with Gasteiger partial charge in [-0.2, -0.15) is 10.5 Å². The third kappa shape index (κ3) is 1.25. The van der Waals surface area contributed by atoms with E-state index in [-0.39, 0.29) is 5.91 Å². The van der Waals surface area contributed by atoms with Crippen molar-refractivity contribution in [1.29, 1.82) is 10.5 Å². The van der Waals surface area contributed by atoms with Crippen molar-refractivity contribution in [3.63, 3.8) is 0 Å². The van der Waals surface area contributed by atoms with Crippen LogP contribution in [-0.4, -0.2) is 13.0 Å². The minimum absolute atomic E-state index is 0.169. The summed E-state index contributed by atoms with van der Waals surface area (Å²) in [6.45, 7) is 1.96. The number of allylic oxidation sites excluding steroid dienone is 1. The van der Waals surface area contributed by atoms with Gasteiger partial charge in [-0.3, -0.25) is 4.79 Å². The lowest BCUT2D eigenvalue weighted by molar-refractivity contribution is -0.123. The van der Waals surface area contributed by atoms with Crippen molar-refractivity contribution in [3.8, 4) is 12.1 Å². The Morgan fingerprint density at radius 1 is 1.29 bits per heavy atom. The third-order valence-electron chi connectivity index (χ3n) is 4.83. The van der Waals surface area contributed by atoms with Crippen LogP contribution in [0.2, 0.25) is 0 Å². The molecule has 1 aliphatic heterocycles. The normalized spacial score (nSPS) is 25.4. The topological polar surface area (TPSA) is 67.9 Å². The Hall–Kier alpha value is -2.59. The van der Waals surface area contributed by atoms with Gasteiger partial charge < -0.3 is 4.90 Å². The predicted molar refractivity (Wildman–Crippen MR) is 78.2 cm³/mol. The van der Waals surface area contributed by atoms with Crippen LogP contribution in [0.25, 0.3) is 0 Å². The lowest BCUT2D eigenvalue weighted by Crippen LogP contribution is -2.49. The van der Waals surface area contributed by atoms with E-state index < -0.39 is 10.8 Å². The van der Waals surface area contributed by atoms with Gasteiger partial charge in [-0.05, 0) is 24.5 Å². The second-order valence-electron chi connectivity index (χ2n) is 5.55. The number of fused-ring (bicyclic) bond motifs is 2. The predicted octanol–water partition coefficient (Wildman–Crippen LogP) is 2.67. The molecule has 0 bridgehead atoms. The molecule has 104 valence electrons. The van der Waals surface area contributed by atoms with Gasteiger partial charge in [0.15, 0.2) is 5.41 Å². The molecule has 1 spiro atoms. The summed E-state index contributed by atoms with van der Waals surface area (Å²) in [6.07, 6.45) is 2.86. The van der Waals surface area contributed by atoms with Gasteiger partial charge in [0.1, 0.15) is 5.41 Å². The van der Waals surface area contributed by atoms with Gasteiger partial charge in [-0.25, -0.2) is 0 Å². The molecule has 2 aliphatic rings. The van der Waals surface area contributed by atoms with Crippen molar-refractivity contribution in [2.75, 3.05) is 11.9 Å². The Labute approximate surface area is 123 Å². The van der Waals surface area contributed by atoms with E-state index in [9.17, 15) is 15.3 Å². The zero-order chi connectivity index (χ0) is 15.3. The molecule has 1 aromatic rings. The van der Waals surface area contributed by atoms with Gasteiger partial charge >= 0.3 is 0 Å². The fourth-order valence-corrected chi connectivity index (χ4v) is 3.83. The van der Waals surface area contributed by atoms with Crippen LogP contribution in [-0.2, 0) is 10.2 Å². The summed E-state index contributed by atoms with van der Waals surface area (Å²) in [6, 6.07) is 11.8. The highest BCUT2D eigenvalue weighted by Gasteiger charge is 2.67. The quantitative estimate of drug-likeness (QED) is 0.741. The van der Waals surface area contributed by atoms with Crippen molar-refractivity contribution in [1.82, 2.24) is 0 Å². The molecule has 0 fully saturated rings. The first-order valence-electron chi connectivity index (χ1n) is 6.98. The number of rotatable bonds is 1. The van der Waals surface area contributed by atoms with E-state index in [2.05, 4.69) is 12.1 Å². The fraction of sp³-hybridized carbons (Fsp3) is 0.353. The van der Waals surface area contributed by atoms with Crippen LogP contribution >= 0.6 is 0 Å². The SMILES string of the molecule is CCC1=CCC(C#N)(C#N)C12C(=O)N(C)c1ccccc12. The zero-order valence-corrected chi connectivity index (χ0v) is 12.1. The lowest BCUT2D eigenvalue weighted by Gasteiger charge is -2.35. The number of amides is 1. The summed E-state index contributed by atoms with van der Waals surface area (Å²) in [5.41, 5.74) is -0.0374. The Balaban J connectivity index is 2.42. The molecule has 0 saturated carbocycles. The molecule has 1 aromatic carbocycles. The molecule has 21 heavy (non-hydrogen) atoms. The van der Waals surface area contributed by atoms with Crippen LogP contribution < -0.4 is 4.90 Å². The number of benzene rings is 1. The minimum Gasteiger partial charge on any atom is -0.314 e. The molecule has 0 radical (unpaired) electrons. The summed E-state index contributed by atoms with van der Waals surface area (Å²) in [7, 11) is 1.71. The second-order valence-corrected chi connectivity index (χ2v) is 5.55. The highest BCUT2D eigenvalue weighted by molar-refractivity contribution is 6.12. The summed E-state index contributed by atoms with van der Waals surface area (Å²) in [4.78, 5) is 14.6. The number of anilines is 1. The number of carbonyl (C=O) groups excluding carboxylic acids is 1. The maximum atomic E-state index is 13.1. The molecule has 0 saturated heterocycles. The monoisotopic (exact) mass is 277 g/mol. The molecule has 0 N–H and O–H groups in total. The average molecular weight is 277 g/mol. The van der Waals surface area contributed by atoms with Gasteiger partial charge in [0.25, 0.3) is 0 Å². The number of para-hydroxylation sites is 1. The number of nitriles is 2. The summed E-state index contributed by atoms with van der Waals surface area (Å²) >= 11 is 0. The van der Waals surface area contributed by atoms with Crippen LogP contribution in [0.3, 0.4) is 0 Å². The molecule has 1 heterocycles. The van der Waals surface area contributed by atoms with E-state index >= 15 is 0 Å². The standard InChI is InChI=1S/C17H15N3O/c1-3-12-8-9-16(10-18,11-19)17(12)13-6-4-5-7-14(13)20(2)15(17)21/h4-8H,3,9H2,1-2H3. The molecule has 4 nitrogen and oxygen atoms in total. The van der Waals surface area contributed by atoms with Crippen molar-refractivity contribution >= 4 is 11.6 Å². The smallest absolute Gasteiger partial charge is 0.244 e. The van der Waals surface area contributed by atoms with Crippen LogP contribution in [0.15, 0.2) is 35.9 Å². The summed E-state index contributed by atoms with van der Waals surface area (Å²) in [5.74, 6) is -0.169. The molecule has 1 aliphatic carbocycles. The Kier molecular flexibility index (Phi) is 2.68. The Morgan fingerprint density at radius 2 is 1.95 bits per heavy atom. The lowest BCUT2D eigenvalue weighted by atomic mass is 9.60. The van der Waals surface area contributed by atoms with E-state index in [1.807, 2.05) is 37.3 Å². The Morgan fingerprint density at radius 3 is 2.57 bits per heavy atom. The van der Waals surface area contributed by atoms with E-state index in [0.29, 0.717) is 12.8 Å². The van der Waals surface area contributed by atoms with Crippen molar-refractivity contribution in [2.45, 2.75) is 25.2 Å². The molecular formula is C17H15N3O. The van der Waals surface area contributed by atoms with Crippen molar-refractivity contribution in [3.05, 3.63) is 41.5 Å². The highest BCUT2D eigenvalue weighted by Crippen LogP contribution is 2.60. The summed E-state index contributed by atoms with van der Waals surface area (Å²) < 4.78 is 0. The van der Waals surface area contributed by atoms with E-state index in [4.69, 9.17) is 0 Å². The Bertz CT molecular complexity index is 736. The van der Waals surface area contributed by atoms with Gasteiger partial charge in [-0.1, -0.05) is 36.8 Å². The first kappa shape index (κ1) is 13.4. The number of carbonyl (C=O) groups is 1. The molecule has 3 rings (SSSR count). The van der Waals surface area contributed by atoms with Crippen LogP contribution in [0.1, 0.15) is 25.3 Å². The highest BCUT2D eigenvalue weighted by atomic mass is 16.2. The number of nitrogens with zero attached hydrogens (tertiary/aromatic N) is 3. The molecule has 1 amide bonds. The fourth-order valence-electron chi connectivity index (χ4n) is 3.83. The first-order valence-corrected chi connectivity index (χ1v) is 6.98. The van der Waals surface area contributed by atoms with E-state index in [1.165, 1.54) is 0 Å². The molecule has 1 atom stereocenters. The van der Waals surface area contributed by atoms with Gasteiger partial charge in [0.2, 0.25) is 5.91 Å². The van der Waals surface area contributed by atoms with Crippen LogP contribution in [0.5, 0.6) is 0 Å². The minimum atomic E-state index is -1.35. The van der Waals surface area contributed by atoms with Crippen molar-refractivity contribution in [2.24, 2.45) is 5.41 Å². The van der Waals surface area contributed by atoms with E-state index in [0.717, 1.165) is 16.8 Å². The number of hydrogen-bond donors (Lipinski definition) is 0. The van der Waals surface area contributed by atoms with Crippen LogP contribution in [0.4, 0.5) is 5.69 Å². The summed E-state index contributed by atoms with van der Waals surface area (Å²) in [5, 5.41) is 19.4. The maximum absolute atomic E-state index is 13.1. The number of likely N-dealkylation sites (N-methyl/N-ethyl adjacent to an activating group) is 1. The third-order valence-corrected chi connectivity index (χ3v) is 4.83. The maximum Gasteiger partial charge on any atom is 0.244 e. The molecule has 4 heteroatoms. The molecular weight excluding hydrogens is 262 g/mol. The average Bonchev–Trinajstić information content (AvgIpc) is 2.98. The van der Waals surface area contributed by atoms with Gasteiger partial charge in [0, 0.05) is 12.7 Å². The van der Waals surface area contributed by atoms with E-state index in [1.54, 1.807) is 11.9 Å². The molecule has 1 unspecified atom stereocenters.